The van der Waals surface area contributed by atoms with Crippen LogP contribution in [0.25, 0.3) is 0 Å². The standard InChI is InChI=1S/C24H28N2O5S/c1-15-16(2)32-24(25-23(27)19-6-5-11-31-19)21(15)22(26-9-12-30-13-10-26)17-7-8-18(28-3)20(14-17)29-4/h5-8,11,14,22H,9-10,12-13H2,1-4H3,(H,25,27)/t22-/m0/s1. The third kappa shape index (κ3) is 4.39. The van der Waals surface area contributed by atoms with Crippen LogP contribution in [0.1, 0.15) is 38.2 Å². The van der Waals surface area contributed by atoms with Crippen molar-refractivity contribution in [2.45, 2.75) is 19.9 Å². The van der Waals surface area contributed by atoms with Crippen LogP contribution < -0.4 is 14.8 Å². The van der Waals surface area contributed by atoms with Crippen molar-refractivity contribution in [3.05, 3.63) is 63.9 Å². The number of nitrogens with one attached hydrogen (secondary N) is 1. The molecule has 1 saturated heterocycles. The first-order chi connectivity index (χ1) is 15.5. The van der Waals surface area contributed by atoms with Crippen molar-refractivity contribution in [3.63, 3.8) is 0 Å². The molecule has 1 fully saturated rings. The summed E-state index contributed by atoms with van der Waals surface area (Å²) in [4.78, 5) is 16.4. The van der Waals surface area contributed by atoms with Gasteiger partial charge < -0.3 is 23.9 Å². The van der Waals surface area contributed by atoms with Crippen molar-refractivity contribution >= 4 is 22.2 Å². The molecule has 3 aromatic rings. The summed E-state index contributed by atoms with van der Waals surface area (Å²) in [6, 6.07) is 9.31. The molecule has 0 radical (unpaired) electrons. The van der Waals surface area contributed by atoms with Crippen molar-refractivity contribution in [2.75, 3.05) is 45.8 Å². The second-order valence-corrected chi connectivity index (χ2v) is 8.85. The number of benzene rings is 1. The van der Waals surface area contributed by atoms with Crippen molar-refractivity contribution in [1.82, 2.24) is 4.90 Å². The topological polar surface area (TPSA) is 73.2 Å². The average Bonchev–Trinajstić information content (AvgIpc) is 3.45. The summed E-state index contributed by atoms with van der Waals surface area (Å²) < 4.78 is 21.9. The van der Waals surface area contributed by atoms with E-state index in [0.717, 1.165) is 39.7 Å². The van der Waals surface area contributed by atoms with Gasteiger partial charge in [0.15, 0.2) is 17.3 Å². The van der Waals surface area contributed by atoms with E-state index in [2.05, 4.69) is 30.1 Å². The van der Waals surface area contributed by atoms with Crippen molar-refractivity contribution in [2.24, 2.45) is 0 Å². The van der Waals surface area contributed by atoms with Gasteiger partial charge in [-0.2, -0.15) is 0 Å². The lowest BCUT2D eigenvalue weighted by Gasteiger charge is -2.36. The van der Waals surface area contributed by atoms with Crippen LogP contribution in [-0.4, -0.2) is 51.3 Å². The number of methoxy groups -OCH3 is 2. The number of furan rings is 1. The second-order valence-electron chi connectivity index (χ2n) is 7.62. The van der Waals surface area contributed by atoms with Crippen molar-refractivity contribution < 1.29 is 23.4 Å². The molecule has 1 atom stereocenters. The molecule has 1 aromatic carbocycles. The number of thiophene rings is 1. The summed E-state index contributed by atoms with van der Waals surface area (Å²) in [5.41, 5.74) is 3.32. The van der Waals surface area contributed by atoms with Gasteiger partial charge in [-0.25, -0.2) is 0 Å². The SMILES string of the molecule is COc1ccc([C@@H](c2c(NC(=O)c3ccco3)sc(C)c2C)N2CCOCC2)cc1OC. The monoisotopic (exact) mass is 456 g/mol. The molecule has 1 aliphatic rings. The van der Waals surface area contributed by atoms with Gasteiger partial charge in [0.1, 0.15) is 5.00 Å². The lowest BCUT2D eigenvalue weighted by molar-refractivity contribution is 0.0240. The molecule has 2 aromatic heterocycles. The van der Waals surface area contributed by atoms with E-state index in [1.54, 1.807) is 37.7 Å². The zero-order valence-corrected chi connectivity index (χ0v) is 19.6. The molecular formula is C24H28N2O5S. The van der Waals surface area contributed by atoms with Crippen molar-refractivity contribution in [3.8, 4) is 11.5 Å². The number of aryl methyl sites for hydroxylation is 1. The van der Waals surface area contributed by atoms with Gasteiger partial charge in [-0.3, -0.25) is 9.69 Å². The average molecular weight is 457 g/mol. The minimum Gasteiger partial charge on any atom is -0.493 e. The van der Waals surface area contributed by atoms with E-state index in [0.29, 0.717) is 24.7 Å². The lowest BCUT2D eigenvalue weighted by atomic mass is 9.94. The van der Waals surface area contributed by atoms with Gasteiger partial charge >= 0.3 is 0 Å². The summed E-state index contributed by atoms with van der Waals surface area (Å²) in [7, 11) is 3.27. The number of rotatable bonds is 7. The predicted molar refractivity (Wildman–Crippen MR) is 124 cm³/mol. The van der Waals surface area contributed by atoms with E-state index < -0.39 is 0 Å². The summed E-state index contributed by atoms with van der Waals surface area (Å²) in [6.45, 7) is 7.10. The third-order valence-corrected chi connectivity index (χ3v) is 6.95. The molecule has 1 aliphatic heterocycles. The van der Waals surface area contributed by atoms with Crippen LogP contribution in [-0.2, 0) is 4.74 Å². The molecule has 8 heteroatoms. The fourth-order valence-electron chi connectivity index (χ4n) is 4.06. The number of carbonyl (C=O) groups excluding carboxylic acids is 1. The molecule has 3 heterocycles. The van der Waals surface area contributed by atoms with Crippen LogP contribution >= 0.6 is 11.3 Å². The Morgan fingerprint density at radius 2 is 1.88 bits per heavy atom. The molecule has 0 aliphatic carbocycles. The Kier molecular flexibility index (Phi) is 6.83. The van der Waals surface area contributed by atoms with E-state index in [4.69, 9.17) is 18.6 Å². The maximum Gasteiger partial charge on any atom is 0.291 e. The largest absolute Gasteiger partial charge is 0.493 e. The first kappa shape index (κ1) is 22.4. The summed E-state index contributed by atoms with van der Waals surface area (Å²) in [5.74, 6) is 1.38. The van der Waals surface area contributed by atoms with Crippen LogP contribution in [0.3, 0.4) is 0 Å². The summed E-state index contributed by atoms with van der Waals surface area (Å²) in [6.07, 6.45) is 1.50. The molecule has 1 amide bonds. The number of ether oxygens (including phenoxy) is 3. The van der Waals surface area contributed by atoms with Crippen LogP contribution in [0.4, 0.5) is 5.00 Å². The van der Waals surface area contributed by atoms with Gasteiger partial charge in [0.05, 0.1) is 39.7 Å². The number of morpholine rings is 1. The highest BCUT2D eigenvalue weighted by Gasteiger charge is 2.31. The van der Waals surface area contributed by atoms with Crippen LogP contribution in [0.15, 0.2) is 41.0 Å². The highest BCUT2D eigenvalue weighted by molar-refractivity contribution is 7.16. The van der Waals surface area contributed by atoms with E-state index in [1.807, 2.05) is 12.1 Å². The summed E-state index contributed by atoms with van der Waals surface area (Å²) in [5, 5.41) is 3.91. The minimum absolute atomic E-state index is 0.0736. The Labute approximate surface area is 191 Å². The van der Waals surface area contributed by atoms with E-state index >= 15 is 0 Å². The van der Waals surface area contributed by atoms with Gasteiger partial charge in [-0.15, -0.1) is 11.3 Å². The molecule has 0 saturated carbocycles. The predicted octanol–water partition coefficient (Wildman–Crippen LogP) is 4.65. The molecular weight excluding hydrogens is 428 g/mol. The molecule has 1 N–H and O–H groups in total. The first-order valence-electron chi connectivity index (χ1n) is 10.5. The fourth-order valence-corrected chi connectivity index (χ4v) is 5.15. The maximum absolute atomic E-state index is 12.8. The number of nitrogens with zero attached hydrogens (tertiary/aromatic N) is 1. The quantitative estimate of drug-likeness (QED) is 0.558. The van der Waals surface area contributed by atoms with Crippen LogP contribution in [0, 0.1) is 13.8 Å². The fraction of sp³-hybridized carbons (Fsp3) is 0.375. The van der Waals surface area contributed by atoms with Crippen LogP contribution in [0.2, 0.25) is 0 Å². The van der Waals surface area contributed by atoms with E-state index in [-0.39, 0.29) is 17.7 Å². The Morgan fingerprint density at radius 1 is 1.12 bits per heavy atom. The third-order valence-electron chi connectivity index (χ3n) is 5.81. The maximum atomic E-state index is 12.8. The smallest absolute Gasteiger partial charge is 0.291 e. The van der Waals surface area contributed by atoms with Gasteiger partial charge in [-0.05, 0) is 49.2 Å². The van der Waals surface area contributed by atoms with Crippen LogP contribution in [0.5, 0.6) is 11.5 Å². The highest BCUT2D eigenvalue weighted by Crippen LogP contribution is 2.44. The summed E-state index contributed by atoms with van der Waals surface area (Å²) >= 11 is 1.58. The Hall–Kier alpha value is -2.81. The molecule has 32 heavy (non-hydrogen) atoms. The molecule has 170 valence electrons. The number of anilines is 1. The van der Waals surface area contributed by atoms with Crippen molar-refractivity contribution in [1.29, 1.82) is 0 Å². The Balaban J connectivity index is 1.80. The first-order valence-corrected chi connectivity index (χ1v) is 11.3. The lowest BCUT2D eigenvalue weighted by Crippen LogP contribution is -2.40. The Bertz CT molecular complexity index is 1070. The second kappa shape index (κ2) is 9.77. The zero-order valence-electron chi connectivity index (χ0n) is 18.8. The molecule has 0 spiro atoms. The normalized spacial score (nSPS) is 15.4. The molecule has 4 rings (SSSR count). The van der Waals surface area contributed by atoms with Gasteiger partial charge in [-0.1, -0.05) is 6.07 Å². The van der Waals surface area contributed by atoms with E-state index in [1.165, 1.54) is 6.26 Å². The highest BCUT2D eigenvalue weighted by atomic mass is 32.1. The van der Waals surface area contributed by atoms with Gasteiger partial charge in [0, 0.05) is 23.5 Å². The molecule has 7 nitrogen and oxygen atoms in total. The van der Waals surface area contributed by atoms with E-state index in [9.17, 15) is 4.79 Å². The van der Waals surface area contributed by atoms with Gasteiger partial charge in [0.2, 0.25) is 0 Å². The van der Waals surface area contributed by atoms with Gasteiger partial charge in [0.25, 0.3) is 5.91 Å². The number of amides is 1. The Morgan fingerprint density at radius 3 is 2.53 bits per heavy atom. The number of hydrogen-bond acceptors (Lipinski definition) is 7. The minimum atomic E-state index is -0.259. The zero-order chi connectivity index (χ0) is 22.7. The molecule has 0 bridgehead atoms. The molecule has 0 unspecified atom stereocenters. The number of hydrogen-bond donors (Lipinski definition) is 1. The number of carbonyl (C=O) groups is 1.